The standard InChI is InChI=1S/C31H39N3O6/c1-20-18-31-25(24(30(20,2)40-31)27(36)32-19-21-10-6-4-7-11-21)29(38)34(16-8-5-9-17-35)26(31)28(37)33-22-12-14-23(39-3)15-13-22/h4,6-7,10-15,20,24-26,35H,5,8-9,16-19H2,1-3H3,(H,32,36)(H,33,37)/t20?,24-,25-,26?,30+,31?/m0/s1. The van der Waals surface area contributed by atoms with Crippen molar-refractivity contribution in [3.8, 4) is 5.75 Å². The molecule has 3 N–H and O–H groups in total. The summed E-state index contributed by atoms with van der Waals surface area (Å²) in [6, 6.07) is 15.8. The summed E-state index contributed by atoms with van der Waals surface area (Å²) < 4.78 is 12.0. The largest absolute Gasteiger partial charge is 0.497 e. The van der Waals surface area contributed by atoms with E-state index in [1.807, 2.05) is 44.2 Å². The number of carbonyl (C=O) groups excluding carboxylic acids is 3. The Morgan fingerprint density at radius 3 is 2.48 bits per heavy atom. The molecule has 0 aliphatic carbocycles. The van der Waals surface area contributed by atoms with Gasteiger partial charge in [0.05, 0.1) is 24.5 Å². The number of aliphatic hydroxyl groups excluding tert-OH is 1. The third kappa shape index (κ3) is 4.75. The number of hydrogen-bond donors (Lipinski definition) is 3. The van der Waals surface area contributed by atoms with Gasteiger partial charge in [0.25, 0.3) is 0 Å². The van der Waals surface area contributed by atoms with Gasteiger partial charge in [0.2, 0.25) is 17.7 Å². The molecule has 3 unspecified atom stereocenters. The highest BCUT2D eigenvalue weighted by atomic mass is 16.5. The molecule has 9 nitrogen and oxygen atoms in total. The lowest BCUT2D eigenvalue weighted by molar-refractivity contribution is -0.146. The van der Waals surface area contributed by atoms with Gasteiger partial charge >= 0.3 is 0 Å². The van der Waals surface area contributed by atoms with Gasteiger partial charge in [0, 0.05) is 25.4 Å². The number of aliphatic hydroxyl groups is 1. The molecule has 40 heavy (non-hydrogen) atoms. The van der Waals surface area contributed by atoms with Crippen LogP contribution in [0.25, 0.3) is 0 Å². The van der Waals surface area contributed by atoms with Gasteiger partial charge in [-0.3, -0.25) is 14.4 Å². The Morgan fingerprint density at radius 2 is 1.80 bits per heavy atom. The second kappa shape index (κ2) is 11.2. The van der Waals surface area contributed by atoms with Gasteiger partial charge in [-0.1, -0.05) is 37.3 Å². The first-order chi connectivity index (χ1) is 19.2. The van der Waals surface area contributed by atoms with Crippen LogP contribution in [0.1, 0.15) is 45.1 Å². The van der Waals surface area contributed by atoms with Gasteiger partial charge in [-0.15, -0.1) is 0 Å². The number of nitrogens with zero attached hydrogens (tertiary/aromatic N) is 1. The fraction of sp³-hybridized carbons (Fsp3) is 0.516. The van der Waals surface area contributed by atoms with Gasteiger partial charge in [-0.2, -0.15) is 0 Å². The summed E-state index contributed by atoms with van der Waals surface area (Å²) in [4.78, 5) is 43.5. The summed E-state index contributed by atoms with van der Waals surface area (Å²) in [5, 5.41) is 15.3. The number of rotatable bonds is 11. The van der Waals surface area contributed by atoms with E-state index >= 15 is 0 Å². The molecular weight excluding hydrogens is 510 g/mol. The molecule has 0 saturated carbocycles. The van der Waals surface area contributed by atoms with Gasteiger partial charge in [-0.05, 0) is 68.4 Å². The third-order valence-corrected chi connectivity index (χ3v) is 9.07. The molecule has 214 valence electrons. The topological polar surface area (TPSA) is 117 Å². The predicted octanol–water partition coefficient (Wildman–Crippen LogP) is 3.12. The Balaban J connectivity index is 1.45. The van der Waals surface area contributed by atoms with Crippen LogP contribution in [-0.2, 0) is 25.7 Å². The zero-order chi connectivity index (χ0) is 28.5. The summed E-state index contributed by atoms with van der Waals surface area (Å²) in [7, 11) is 1.58. The van der Waals surface area contributed by atoms with Gasteiger partial charge in [0.1, 0.15) is 17.4 Å². The molecule has 3 heterocycles. The first-order valence-corrected chi connectivity index (χ1v) is 14.1. The molecular formula is C31H39N3O6. The van der Waals surface area contributed by atoms with E-state index in [2.05, 4.69) is 10.6 Å². The molecule has 0 radical (unpaired) electrons. The quantitative estimate of drug-likeness (QED) is 0.371. The molecule has 2 aromatic carbocycles. The number of methoxy groups -OCH3 is 1. The van der Waals surface area contributed by atoms with Crippen molar-refractivity contribution in [2.24, 2.45) is 17.8 Å². The zero-order valence-corrected chi connectivity index (χ0v) is 23.4. The molecule has 6 atom stereocenters. The highest BCUT2D eigenvalue weighted by molar-refractivity contribution is 6.03. The summed E-state index contributed by atoms with van der Waals surface area (Å²) in [5.41, 5.74) is -0.425. The molecule has 3 saturated heterocycles. The number of carbonyl (C=O) groups is 3. The molecule has 2 bridgehead atoms. The summed E-state index contributed by atoms with van der Waals surface area (Å²) in [5.74, 6) is -1.61. The molecule has 1 spiro atoms. The molecule has 3 fully saturated rings. The lowest BCUT2D eigenvalue weighted by Gasteiger charge is -2.36. The Morgan fingerprint density at radius 1 is 1.07 bits per heavy atom. The van der Waals surface area contributed by atoms with Crippen molar-refractivity contribution in [3.63, 3.8) is 0 Å². The molecule has 3 amide bonds. The Bertz CT molecular complexity index is 1240. The van der Waals surface area contributed by atoms with Crippen LogP contribution in [0.2, 0.25) is 0 Å². The number of amides is 3. The maximum Gasteiger partial charge on any atom is 0.250 e. The molecule has 3 aliphatic rings. The van der Waals surface area contributed by atoms with Crippen molar-refractivity contribution in [3.05, 3.63) is 60.2 Å². The van der Waals surface area contributed by atoms with E-state index in [4.69, 9.17) is 9.47 Å². The number of fused-ring (bicyclic) bond motifs is 1. The Kier molecular flexibility index (Phi) is 7.88. The number of nitrogens with one attached hydrogen (secondary N) is 2. The van der Waals surface area contributed by atoms with E-state index in [0.717, 1.165) is 12.0 Å². The average Bonchev–Trinajstić information content (AvgIpc) is 3.47. The lowest BCUT2D eigenvalue weighted by atomic mass is 9.62. The minimum atomic E-state index is -1.10. The number of unbranched alkanes of at least 4 members (excludes halogenated alkanes) is 2. The van der Waals surface area contributed by atoms with E-state index in [0.29, 0.717) is 43.8 Å². The van der Waals surface area contributed by atoms with E-state index < -0.39 is 29.1 Å². The second-order valence-corrected chi connectivity index (χ2v) is 11.4. The lowest BCUT2D eigenvalue weighted by Crippen LogP contribution is -2.54. The van der Waals surface area contributed by atoms with Crippen LogP contribution < -0.4 is 15.4 Å². The van der Waals surface area contributed by atoms with Crippen LogP contribution in [0.15, 0.2) is 54.6 Å². The summed E-state index contributed by atoms with van der Waals surface area (Å²) in [6.07, 6.45) is 2.49. The van der Waals surface area contributed by atoms with Crippen molar-refractivity contribution in [1.82, 2.24) is 10.2 Å². The minimum Gasteiger partial charge on any atom is -0.497 e. The van der Waals surface area contributed by atoms with E-state index in [-0.39, 0.29) is 30.2 Å². The first-order valence-electron chi connectivity index (χ1n) is 14.1. The monoisotopic (exact) mass is 549 g/mol. The van der Waals surface area contributed by atoms with Crippen molar-refractivity contribution >= 4 is 23.4 Å². The van der Waals surface area contributed by atoms with Crippen molar-refractivity contribution in [1.29, 1.82) is 0 Å². The maximum absolute atomic E-state index is 14.1. The molecule has 2 aromatic rings. The normalized spacial score (nSPS) is 30.3. The van der Waals surface area contributed by atoms with Crippen molar-refractivity contribution in [2.45, 2.75) is 63.3 Å². The Labute approximate surface area is 235 Å². The Hall–Kier alpha value is -3.43. The van der Waals surface area contributed by atoms with Crippen LogP contribution >= 0.6 is 0 Å². The van der Waals surface area contributed by atoms with Gasteiger partial charge in [-0.25, -0.2) is 0 Å². The number of benzene rings is 2. The molecule has 9 heteroatoms. The van der Waals surface area contributed by atoms with Crippen LogP contribution in [0.5, 0.6) is 5.75 Å². The maximum atomic E-state index is 14.1. The smallest absolute Gasteiger partial charge is 0.250 e. The SMILES string of the molecule is COc1ccc(NC(=O)C2N(CCCCCO)C(=O)[C@@H]3[C@@H](C(=O)NCc4ccccc4)[C@]4(C)OC23CC4C)cc1. The second-order valence-electron chi connectivity index (χ2n) is 11.4. The van der Waals surface area contributed by atoms with Crippen molar-refractivity contribution < 1.29 is 29.0 Å². The van der Waals surface area contributed by atoms with Crippen LogP contribution in [0.3, 0.4) is 0 Å². The zero-order valence-electron chi connectivity index (χ0n) is 23.4. The summed E-state index contributed by atoms with van der Waals surface area (Å²) in [6.45, 7) is 4.72. The molecule has 3 aliphatic heterocycles. The number of ether oxygens (including phenoxy) is 2. The number of likely N-dealkylation sites (tertiary alicyclic amines) is 1. The predicted molar refractivity (Wildman–Crippen MR) is 149 cm³/mol. The number of anilines is 1. The van der Waals surface area contributed by atoms with Crippen molar-refractivity contribution in [2.75, 3.05) is 25.6 Å². The number of hydrogen-bond acceptors (Lipinski definition) is 6. The van der Waals surface area contributed by atoms with Gasteiger partial charge < -0.3 is 30.1 Å². The van der Waals surface area contributed by atoms with E-state index in [1.54, 1.807) is 36.3 Å². The molecule has 0 aromatic heterocycles. The van der Waals surface area contributed by atoms with Crippen LogP contribution in [-0.4, -0.2) is 65.2 Å². The third-order valence-electron chi connectivity index (χ3n) is 9.07. The van der Waals surface area contributed by atoms with E-state index in [9.17, 15) is 19.5 Å². The minimum absolute atomic E-state index is 0.0327. The van der Waals surface area contributed by atoms with Crippen LogP contribution in [0, 0.1) is 17.8 Å². The van der Waals surface area contributed by atoms with Crippen LogP contribution in [0.4, 0.5) is 5.69 Å². The highest BCUT2D eigenvalue weighted by Crippen LogP contribution is 2.65. The first kappa shape index (κ1) is 28.1. The summed E-state index contributed by atoms with van der Waals surface area (Å²) >= 11 is 0. The fourth-order valence-corrected chi connectivity index (χ4v) is 7.03. The molecule has 5 rings (SSSR count). The average molecular weight is 550 g/mol. The highest BCUT2D eigenvalue weighted by Gasteiger charge is 2.79. The fourth-order valence-electron chi connectivity index (χ4n) is 7.03. The van der Waals surface area contributed by atoms with Gasteiger partial charge in [0.15, 0.2) is 0 Å². The van der Waals surface area contributed by atoms with E-state index in [1.165, 1.54) is 0 Å².